The summed E-state index contributed by atoms with van der Waals surface area (Å²) in [6.45, 7) is 0.550. The molecule has 3 aromatic rings. The molecular weight excluding hydrogens is 383 g/mol. The number of rotatable bonds is 6. The average molecular weight is 401 g/mol. The molecule has 3 aromatic carbocycles. The van der Waals surface area contributed by atoms with E-state index in [1.165, 1.54) is 0 Å². The van der Waals surface area contributed by atoms with Crippen LogP contribution in [0.2, 0.25) is 10.0 Å². The molecule has 3 rings (SSSR count). The molecule has 0 saturated carbocycles. The van der Waals surface area contributed by atoms with Gasteiger partial charge in [-0.25, -0.2) is 5.48 Å². The van der Waals surface area contributed by atoms with E-state index in [1.54, 1.807) is 17.6 Å². The van der Waals surface area contributed by atoms with Crippen molar-refractivity contribution >= 4 is 34.8 Å². The summed E-state index contributed by atoms with van der Waals surface area (Å²) in [5.41, 5.74) is 5.16. The lowest BCUT2D eigenvalue weighted by molar-refractivity contribution is -0.129. The fraction of sp³-hybridized carbons (Fsp3) is 0.0952. The van der Waals surface area contributed by atoms with Crippen LogP contribution in [0.4, 0.5) is 5.69 Å². The van der Waals surface area contributed by atoms with E-state index in [2.05, 4.69) is 5.32 Å². The topological polar surface area (TPSA) is 61.4 Å². The second-order valence-corrected chi connectivity index (χ2v) is 6.87. The molecule has 1 amide bonds. The summed E-state index contributed by atoms with van der Waals surface area (Å²) in [5, 5.41) is 13.6. The number of hydrogen-bond donors (Lipinski definition) is 3. The molecule has 0 bridgehead atoms. The Morgan fingerprint density at radius 1 is 0.926 bits per heavy atom. The van der Waals surface area contributed by atoms with Crippen molar-refractivity contribution in [1.29, 1.82) is 0 Å². The smallest absolute Gasteiger partial charge is 0.255 e. The van der Waals surface area contributed by atoms with Crippen LogP contribution in [0.15, 0.2) is 72.8 Å². The van der Waals surface area contributed by atoms with Crippen LogP contribution in [0.25, 0.3) is 0 Å². The Balaban J connectivity index is 1.76. The summed E-state index contributed by atoms with van der Waals surface area (Å²) < 4.78 is 0. The third-order valence-corrected chi connectivity index (χ3v) is 4.83. The third kappa shape index (κ3) is 4.80. The first-order valence-corrected chi connectivity index (χ1v) is 9.10. The van der Waals surface area contributed by atoms with Crippen molar-refractivity contribution in [3.8, 4) is 0 Å². The monoisotopic (exact) mass is 400 g/mol. The van der Waals surface area contributed by atoms with E-state index in [9.17, 15) is 4.79 Å². The number of hydrogen-bond acceptors (Lipinski definition) is 3. The fourth-order valence-electron chi connectivity index (χ4n) is 2.86. The van der Waals surface area contributed by atoms with Gasteiger partial charge in [-0.15, -0.1) is 0 Å². The van der Waals surface area contributed by atoms with E-state index in [-0.39, 0.29) is 0 Å². The zero-order valence-corrected chi connectivity index (χ0v) is 15.8. The first kappa shape index (κ1) is 19.2. The molecule has 27 heavy (non-hydrogen) atoms. The van der Waals surface area contributed by atoms with Gasteiger partial charge in [0.2, 0.25) is 0 Å². The van der Waals surface area contributed by atoms with Crippen LogP contribution in [0, 0.1) is 0 Å². The van der Waals surface area contributed by atoms with E-state index in [0.717, 1.165) is 22.4 Å². The van der Waals surface area contributed by atoms with Gasteiger partial charge in [0, 0.05) is 22.3 Å². The molecule has 4 nitrogen and oxygen atoms in total. The lowest BCUT2D eigenvalue weighted by Crippen LogP contribution is -2.27. The van der Waals surface area contributed by atoms with Crippen molar-refractivity contribution in [2.45, 2.75) is 12.5 Å². The van der Waals surface area contributed by atoms with Crippen LogP contribution in [0.5, 0.6) is 0 Å². The Kier molecular flexibility index (Phi) is 6.35. The number of benzene rings is 3. The highest BCUT2D eigenvalue weighted by molar-refractivity contribution is 6.35. The Morgan fingerprint density at radius 3 is 2.22 bits per heavy atom. The predicted octanol–water partition coefficient (Wildman–Crippen LogP) is 5.24. The molecular formula is C21H18Cl2N2O2. The molecule has 0 saturated heterocycles. The molecule has 0 fully saturated rings. The minimum atomic E-state index is -0.587. The molecule has 0 radical (unpaired) electrons. The molecule has 0 aromatic heterocycles. The maximum atomic E-state index is 12.2. The molecule has 3 N–H and O–H groups in total. The number of nitrogens with one attached hydrogen (secondary N) is 2. The second kappa shape index (κ2) is 8.91. The number of carbonyl (C=O) groups is 1. The molecule has 6 heteroatoms. The standard InChI is InChI=1S/C21H18Cl2N2O2/c22-17-9-6-16(19(23)12-17)13-24-18-10-7-15(8-11-18)20(21(26)25-27)14-4-2-1-3-5-14/h1-12,20,24,27H,13H2,(H,25,26). The van der Waals surface area contributed by atoms with Crippen molar-refractivity contribution in [2.24, 2.45) is 0 Å². The summed E-state index contributed by atoms with van der Waals surface area (Å²) in [6.07, 6.45) is 0. The average Bonchev–Trinajstić information content (AvgIpc) is 2.69. The van der Waals surface area contributed by atoms with Crippen LogP contribution >= 0.6 is 23.2 Å². The van der Waals surface area contributed by atoms with E-state index in [4.69, 9.17) is 28.4 Å². The summed E-state index contributed by atoms with van der Waals surface area (Å²) in [6, 6.07) is 22.2. The van der Waals surface area contributed by atoms with Crippen LogP contribution in [0.1, 0.15) is 22.6 Å². The van der Waals surface area contributed by atoms with Gasteiger partial charge in [-0.3, -0.25) is 10.0 Å². The minimum Gasteiger partial charge on any atom is -0.381 e. The van der Waals surface area contributed by atoms with Crippen molar-refractivity contribution < 1.29 is 10.0 Å². The lowest BCUT2D eigenvalue weighted by Gasteiger charge is -2.16. The minimum absolute atomic E-state index is 0.477. The molecule has 0 aliphatic heterocycles. The lowest BCUT2D eigenvalue weighted by atomic mass is 9.90. The zero-order valence-electron chi connectivity index (χ0n) is 14.3. The first-order chi connectivity index (χ1) is 13.1. The molecule has 1 unspecified atom stereocenters. The van der Waals surface area contributed by atoms with Crippen molar-refractivity contribution in [1.82, 2.24) is 5.48 Å². The number of carbonyl (C=O) groups excluding carboxylic acids is 1. The van der Waals surface area contributed by atoms with E-state index in [0.29, 0.717) is 16.6 Å². The van der Waals surface area contributed by atoms with Crippen molar-refractivity contribution in [3.63, 3.8) is 0 Å². The van der Waals surface area contributed by atoms with Crippen LogP contribution in [0.3, 0.4) is 0 Å². The predicted molar refractivity (Wildman–Crippen MR) is 108 cm³/mol. The highest BCUT2D eigenvalue weighted by Crippen LogP contribution is 2.27. The normalized spacial score (nSPS) is 11.7. The molecule has 0 spiro atoms. The van der Waals surface area contributed by atoms with Crippen LogP contribution in [-0.4, -0.2) is 11.1 Å². The molecule has 0 aliphatic carbocycles. The highest BCUT2D eigenvalue weighted by atomic mass is 35.5. The number of amides is 1. The molecule has 0 heterocycles. The third-order valence-electron chi connectivity index (χ3n) is 4.25. The Bertz CT molecular complexity index is 915. The van der Waals surface area contributed by atoms with Gasteiger partial charge in [-0.2, -0.15) is 0 Å². The quantitative estimate of drug-likeness (QED) is 0.391. The van der Waals surface area contributed by atoms with Crippen LogP contribution < -0.4 is 10.8 Å². The van der Waals surface area contributed by atoms with Gasteiger partial charge in [-0.1, -0.05) is 71.7 Å². The summed E-state index contributed by atoms with van der Waals surface area (Å²) in [5.74, 6) is -1.06. The van der Waals surface area contributed by atoms with Crippen molar-refractivity contribution in [2.75, 3.05) is 5.32 Å². The SMILES string of the molecule is O=C(NO)C(c1ccccc1)c1ccc(NCc2ccc(Cl)cc2Cl)cc1. The van der Waals surface area contributed by atoms with Gasteiger partial charge in [0.05, 0.1) is 5.92 Å². The van der Waals surface area contributed by atoms with Gasteiger partial charge in [-0.05, 0) is 41.0 Å². The summed E-state index contributed by atoms with van der Waals surface area (Å²) in [7, 11) is 0. The van der Waals surface area contributed by atoms with E-state index < -0.39 is 11.8 Å². The van der Waals surface area contributed by atoms with Gasteiger partial charge in [0.15, 0.2) is 0 Å². The molecule has 1 atom stereocenters. The Morgan fingerprint density at radius 2 is 1.59 bits per heavy atom. The van der Waals surface area contributed by atoms with E-state index in [1.807, 2.05) is 60.7 Å². The largest absolute Gasteiger partial charge is 0.381 e. The van der Waals surface area contributed by atoms with Gasteiger partial charge < -0.3 is 5.32 Å². The summed E-state index contributed by atoms with van der Waals surface area (Å²) in [4.78, 5) is 12.2. The Labute approximate surface area is 167 Å². The second-order valence-electron chi connectivity index (χ2n) is 6.03. The number of halogens is 2. The van der Waals surface area contributed by atoms with Gasteiger partial charge >= 0.3 is 0 Å². The maximum Gasteiger partial charge on any atom is 0.255 e. The molecule has 0 aliphatic rings. The van der Waals surface area contributed by atoms with Crippen LogP contribution in [-0.2, 0) is 11.3 Å². The van der Waals surface area contributed by atoms with E-state index >= 15 is 0 Å². The zero-order chi connectivity index (χ0) is 19.2. The first-order valence-electron chi connectivity index (χ1n) is 8.35. The fourth-order valence-corrected chi connectivity index (χ4v) is 3.34. The maximum absolute atomic E-state index is 12.2. The number of hydroxylamine groups is 1. The van der Waals surface area contributed by atoms with Crippen molar-refractivity contribution in [3.05, 3.63) is 99.5 Å². The number of anilines is 1. The molecule has 138 valence electrons. The summed E-state index contributed by atoms with van der Waals surface area (Å²) >= 11 is 12.1. The van der Waals surface area contributed by atoms with Gasteiger partial charge in [0.1, 0.15) is 0 Å². The van der Waals surface area contributed by atoms with Gasteiger partial charge in [0.25, 0.3) is 5.91 Å². The Hall–Kier alpha value is -2.53. The highest BCUT2D eigenvalue weighted by Gasteiger charge is 2.22.